The van der Waals surface area contributed by atoms with Gasteiger partial charge in [0.15, 0.2) is 0 Å². The first-order valence-corrected chi connectivity index (χ1v) is 6.30. The average Bonchev–Trinajstić information content (AvgIpc) is 2.34. The number of hydrogen-bond donors (Lipinski definition) is 2. The average molecular weight is 257 g/mol. The molecule has 0 aliphatic heterocycles. The molecule has 0 spiro atoms. The van der Waals surface area contributed by atoms with Crippen LogP contribution in [0.3, 0.4) is 0 Å². The van der Waals surface area contributed by atoms with Gasteiger partial charge in [0, 0.05) is 19.6 Å². The lowest BCUT2D eigenvalue weighted by Crippen LogP contribution is -2.32. The number of aliphatic hydroxyl groups excluding tert-OH is 1. The molecule has 17 heavy (non-hydrogen) atoms. The van der Waals surface area contributed by atoms with Gasteiger partial charge in [0.05, 0.1) is 17.3 Å². The first-order chi connectivity index (χ1) is 8.10. The predicted molar refractivity (Wildman–Crippen MR) is 73.8 cm³/mol. The van der Waals surface area contributed by atoms with Crippen molar-refractivity contribution in [3.8, 4) is 0 Å². The van der Waals surface area contributed by atoms with Crippen molar-refractivity contribution >= 4 is 17.3 Å². The van der Waals surface area contributed by atoms with Crippen molar-refractivity contribution in [3.05, 3.63) is 28.8 Å². The number of hydrogen-bond acceptors (Lipinski definition) is 3. The molecule has 0 bridgehead atoms. The minimum atomic E-state index is 0.0621. The molecule has 96 valence electrons. The van der Waals surface area contributed by atoms with Crippen LogP contribution in [0.4, 0.5) is 5.69 Å². The largest absolute Gasteiger partial charge is 0.394 e. The second-order valence-corrected chi connectivity index (χ2v) is 4.62. The summed E-state index contributed by atoms with van der Waals surface area (Å²) in [6.45, 7) is 5.93. The molecule has 1 aromatic rings. The Morgan fingerprint density at radius 2 is 2.18 bits per heavy atom. The third kappa shape index (κ3) is 3.87. The van der Waals surface area contributed by atoms with Gasteiger partial charge in [-0.1, -0.05) is 24.6 Å². The van der Waals surface area contributed by atoms with Gasteiger partial charge < -0.3 is 15.3 Å². The maximum absolute atomic E-state index is 9.13. The second kappa shape index (κ2) is 6.84. The number of nitrogens with one attached hydrogen (secondary N) is 1. The normalized spacial score (nSPS) is 12.5. The van der Waals surface area contributed by atoms with Crippen molar-refractivity contribution in [1.82, 2.24) is 5.32 Å². The summed E-state index contributed by atoms with van der Waals surface area (Å²) in [5.74, 6) is 0. The Hall–Kier alpha value is -0.770. The zero-order valence-corrected chi connectivity index (χ0v) is 11.5. The van der Waals surface area contributed by atoms with Crippen LogP contribution < -0.4 is 10.2 Å². The van der Waals surface area contributed by atoms with Crippen molar-refractivity contribution in [2.45, 2.75) is 26.4 Å². The molecule has 0 amide bonds. The van der Waals surface area contributed by atoms with Crippen LogP contribution in [0.2, 0.25) is 5.02 Å². The number of anilines is 1. The summed E-state index contributed by atoms with van der Waals surface area (Å²) in [6, 6.07) is 6.10. The standard InChI is InChI=1S/C13H21ClN2O/c1-4-15-8-11-5-6-13(12(14)7-11)16(3)10(2)9-17/h5-7,10,15,17H,4,8-9H2,1-3H3. The van der Waals surface area contributed by atoms with Crippen molar-refractivity contribution < 1.29 is 5.11 Å². The van der Waals surface area contributed by atoms with Gasteiger partial charge in [0.2, 0.25) is 0 Å². The summed E-state index contributed by atoms with van der Waals surface area (Å²) < 4.78 is 0. The Bertz CT molecular complexity index is 357. The number of rotatable bonds is 6. The van der Waals surface area contributed by atoms with Crippen molar-refractivity contribution in [2.75, 3.05) is 25.1 Å². The maximum atomic E-state index is 9.13. The quantitative estimate of drug-likeness (QED) is 0.820. The number of aliphatic hydroxyl groups is 1. The molecular formula is C13H21ClN2O. The van der Waals surface area contributed by atoms with Gasteiger partial charge in [-0.3, -0.25) is 0 Å². The van der Waals surface area contributed by atoms with Crippen LogP contribution in [0, 0.1) is 0 Å². The van der Waals surface area contributed by atoms with Crippen LogP contribution >= 0.6 is 11.6 Å². The minimum absolute atomic E-state index is 0.0621. The van der Waals surface area contributed by atoms with Gasteiger partial charge >= 0.3 is 0 Å². The topological polar surface area (TPSA) is 35.5 Å². The molecule has 0 heterocycles. The fraction of sp³-hybridized carbons (Fsp3) is 0.538. The first kappa shape index (κ1) is 14.3. The lowest BCUT2D eigenvalue weighted by molar-refractivity contribution is 0.270. The summed E-state index contributed by atoms with van der Waals surface area (Å²) in [5, 5.41) is 13.1. The van der Waals surface area contributed by atoms with E-state index >= 15 is 0 Å². The number of halogens is 1. The summed E-state index contributed by atoms with van der Waals surface area (Å²) in [6.07, 6.45) is 0. The molecule has 0 aliphatic rings. The molecule has 0 aliphatic carbocycles. The highest BCUT2D eigenvalue weighted by atomic mass is 35.5. The van der Waals surface area contributed by atoms with E-state index < -0.39 is 0 Å². The number of likely N-dealkylation sites (N-methyl/N-ethyl adjacent to an activating group) is 1. The Labute approximate surface area is 108 Å². The van der Waals surface area contributed by atoms with Gasteiger partial charge in [0.25, 0.3) is 0 Å². The second-order valence-electron chi connectivity index (χ2n) is 4.21. The lowest BCUT2D eigenvalue weighted by atomic mass is 10.1. The van der Waals surface area contributed by atoms with Crippen molar-refractivity contribution in [2.24, 2.45) is 0 Å². The molecule has 0 saturated carbocycles. The summed E-state index contributed by atoms with van der Waals surface area (Å²) in [7, 11) is 1.94. The van der Waals surface area contributed by atoms with E-state index in [0.717, 1.165) is 23.8 Å². The van der Waals surface area contributed by atoms with Crippen molar-refractivity contribution in [1.29, 1.82) is 0 Å². The Morgan fingerprint density at radius 1 is 1.47 bits per heavy atom. The van der Waals surface area contributed by atoms with Crippen LogP contribution in [-0.4, -0.2) is 31.3 Å². The smallest absolute Gasteiger partial charge is 0.0642 e. The SMILES string of the molecule is CCNCc1ccc(N(C)C(C)CO)c(Cl)c1. The fourth-order valence-electron chi connectivity index (χ4n) is 1.58. The van der Waals surface area contributed by atoms with Gasteiger partial charge in [-0.25, -0.2) is 0 Å². The zero-order valence-electron chi connectivity index (χ0n) is 10.7. The van der Waals surface area contributed by atoms with Crippen molar-refractivity contribution in [3.63, 3.8) is 0 Å². The van der Waals surface area contributed by atoms with E-state index in [4.69, 9.17) is 16.7 Å². The number of benzene rings is 1. The van der Waals surface area contributed by atoms with E-state index in [1.54, 1.807) is 0 Å². The molecule has 1 aromatic carbocycles. The van der Waals surface area contributed by atoms with E-state index in [1.807, 2.05) is 31.0 Å². The summed E-state index contributed by atoms with van der Waals surface area (Å²) >= 11 is 6.25. The van der Waals surface area contributed by atoms with Gasteiger partial charge in [-0.15, -0.1) is 0 Å². The van der Waals surface area contributed by atoms with E-state index in [0.29, 0.717) is 0 Å². The molecule has 4 heteroatoms. The minimum Gasteiger partial charge on any atom is -0.394 e. The summed E-state index contributed by atoms with van der Waals surface area (Å²) in [5.41, 5.74) is 2.12. The molecule has 1 rings (SSSR count). The third-order valence-corrected chi connectivity index (χ3v) is 3.20. The highest BCUT2D eigenvalue weighted by Crippen LogP contribution is 2.27. The molecule has 0 aromatic heterocycles. The van der Waals surface area contributed by atoms with Gasteiger partial charge in [0.1, 0.15) is 0 Å². The molecule has 0 radical (unpaired) electrons. The monoisotopic (exact) mass is 256 g/mol. The zero-order chi connectivity index (χ0) is 12.8. The molecule has 1 atom stereocenters. The summed E-state index contributed by atoms with van der Waals surface area (Å²) in [4.78, 5) is 1.99. The van der Waals surface area contributed by atoms with Crippen LogP contribution in [-0.2, 0) is 6.54 Å². The Morgan fingerprint density at radius 3 is 2.71 bits per heavy atom. The van der Waals surface area contributed by atoms with Gasteiger partial charge in [-0.2, -0.15) is 0 Å². The van der Waals surface area contributed by atoms with Gasteiger partial charge in [-0.05, 0) is 31.2 Å². The first-order valence-electron chi connectivity index (χ1n) is 5.93. The third-order valence-electron chi connectivity index (χ3n) is 2.90. The fourth-order valence-corrected chi connectivity index (χ4v) is 1.91. The molecule has 1 unspecified atom stereocenters. The molecule has 0 saturated heterocycles. The Balaban J connectivity index is 2.82. The van der Waals surface area contributed by atoms with Crippen LogP contribution in [0.15, 0.2) is 18.2 Å². The van der Waals surface area contributed by atoms with E-state index in [9.17, 15) is 0 Å². The Kier molecular flexibility index (Phi) is 5.75. The highest BCUT2D eigenvalue weighted by molar-refractivity contribution is 6.33. The maximum Gasteiger partial charge on any atom is 0.0642 e. The highest BCUT2D eigenvalue weighted by Gasteiger charge is 2.12. The lowest BCUT2D eigenvalue weighted by Gasteiger charge is -2.26. The van der Waals surface area contributed by atoms with E-state index in [2.05, 4.69) is 18.3 Å². The molecule has 3 nitrogen and oxygen atoms in total. The van der Waals surface area contributed by atoms with E-state index in [1.165, 1.54) is 5.56 Å². The molecular weight excluding hydrogens is 236 g/mol. The predicted octanol–water partition coefficient (Wildman–Crippen LogP) is 2.27. The number of nitrogens with zero attached hydrogens (tertiary/aromatic N) is 1. The molecule has 2 N–H and O–H groups in total. The van der Waals surface area contributed by atoms with Crippen LogP contribution in [0.5, 0.6) is 0 Å². The molecule has 0 fully saturated rings. The van der Waals surface area contributed by atoms with E-state index in [-0.39, 0.29) is 12.6 Å². The van der Waals surface area contributed by atoms with Crippen LogP contribution in [0.25, 0.3) is 0 Å². The van der Waals surface area contributed by atoms with Crippen LogP contribution in [0.1, 0.15) is 19.4 Å².